The van der Waals surface area contributed by atoms with Crippen LogP contribution in [0.25, 0.3) is 0 Å². The molecule has 0 aromatic heterocycles. The number of rotatable bonds is 3. The highest BCUT2D eigenvalue weighted by Crippen LogP contribution is 2.41. The number of fused-ring (bicyclic) bond motifs is 1. The van der Waals surface area contributed by atoms with Crippen LogP contribution in [0.2, 0.25) is 0 Å². The number of ether oxygens (including phenoxy) is 1. The first-order valence-electron chi connectivity index (χ1n) is 8.22. The Hall–Kier alpha value is -1.95. The summed E-state index contributed by atoms with van der Waals surface area (Å²) in [5.41, 5.74) is 1.20. The number of hydrogen-bond acceptors (Lipinski definition) is 5. The predicted octanol–water partition coefficient (Wildman–Crippen LogP) is 1.13. The second-order valence-corrected chi connectivity index (χ2v) is 6.34. The molecule has 0 unspecified atom stereocenters. The molecule has 2 aliphatic rings. The third-order valence-electron chi connectivity index (χ3n) is 4.72. The Balaban J connectivity index is 1.67. The molecule has 6 nitrogen and oxygen atoms in total. The maximum Gasteiger partial charge on any atom is 0.222 e. The number of carbonyl (C=O) groups is 1. The van der Waals surface area contributed by atoms with Gasteiger partial charge in [-0.1, -0.05) is 0 Å². The van der Waals surface area contributed by atoms with Crippen molar-refractivity contribution in [1.82, 2.24) is 9.80 Å². The summed E-state index contributed by atoms with van der Waals surface area (Å²) in [5.74, 6) is 0.728. The number of phenolic OH excluding ortho intramolecular Hbond substituents is 2. The molecular weight excluding hydrogens is 296 g/mol. The van der Waals surface area contributed by atoms with Gasteiger partial charge in [0.1, 0.15) is 17.2 Å². The highest BCUT2D eigenvalue weighted by molar-refractivity contribution is 5.77. The van der Waals surface area contributed by atoms with Crippen molar-refractivity contribution in [2.24, 2.45) is 0 Å². The van der Waals surface area contributed by atoms with Crippen molar-refractivity contribution in [3.8, 4) is 17.2 Å². The lowest BCUT2D eigenvalue weighted by molar-refractivity contribution is -0.132. The fourth-order valence-corrected chi connectivity index (χ4v) is 3.21. The fourth-order valence-electron chi connectivity index (χ4n) is 3.21. The van der Waals surface area contributed by atoms with E-state index in [1.54, 1.807) is 6.07 Å². The molecule has 1 saturated heterocycles. The molecule has 6 heteroatoms. The van der Waals surface area contributed by atoms with Crippen LogP contribution in [0.4, 0.5) is 0 Å². The van der Waals surface area contributed by atoms with Gasteiger partial charge in [0.2, 0.25) is 5.91 Å². The lowest BCUT2D eigenvalue weighted by Crippen LogP contribution is -2.47. The first-order valence-corrected chi connectivity index (χ1v) is 8.22. The van der Waals surface area contributed by atoms with E-state index >= 15 is 0 Å². The summed E-state index contributed by atoms with van der Waals surface area (Å²) in [5, 5.41) is 20.5. The van der Waals surface area contributed by atoms with Crippen LogP contribution >= 0.6 is 0 Å². The summed E-state index contributed by atoms with van der Waals surface area (Å²) < 4.78 is 5.47. The van der Waals surface area contributed by atoms with E-state index in [2.05, 4.69) is 4.90 Å². The van der Waals surface area contributed by atoms with Crippen LogP contribution in [0.1, 0.15) is 24.0 Å². The smallest absolute Gasteiger partial charge is 0.222 e. The van der Waals surface area contributed by atoms with Crippen LogP contribution in [0.3, 0.4) is 0 Å². The minimum Gasteiger partial charge on any atom is -0.507 e. The summed E-state index contributed by atoms with van der Waals surface area (Å²) >= 11 is 0. The van der Waals surface area contributed by atoms with Crippen LogP contribution in [-0.2, 0) is 17.6 Å². The van der Waals surface area contributed by atoms with Gasteiger partial charge in [0.15, 0.2) is 0 Å². The van der Waals surface area contributed by atoms with Gasteiger partial charge in [0.05, 0.1) is 6.61 Å². The topological polar surface area (TPSA) is 73.2 Å². The molecule has 1 aromatic carbocycles. The number of likely N-dealkylation sites (N-methyl/N-ethyl adjacent to an activating group) is 1. The van der Waals surface area contributed by atoms with E-state index in [-0.39, 0.29) is 17.4 Å². The average molecular weight is 320 g/mol. The Morgan fingerprint density at radius 2 is 2.00 bits per heavy atom. The Labute approximate surface area is 136 Å². The van der Waals surface area contributed by atoms with Gasteiger partial charge in [-0.3, -0.25) is 4.79 Å². The van der Waals surface area contributed by atoms with E-state index < -0.39 is 0 Å². The number of hydrogen-bond donors (Lipinski definition) is 2. The maximum atomic E-state index is 12.3. The summed E-state index contributed by atoms with van der Waals surface area (Å²) in [6.07, 6.45) is 2.23. The Bertz CT molecular complexity index is 595. The van der Waals surface area contributed by atoms with Gasteiger partial charge in [0, 0.05) is 49.8 Å². The number of benzene rings is 1. The van der Waals surface area contributed by atoms with Gasteiger partial charge in [0.25, 0.3) is 0 Å². The lowest BCUT2D eigenvalue weighted by atomic mass is 9.97. The van der Waals surface area contributed by atoms with Crippen molar-refractivity contribution < 1.29 is 19.7 Å². The van der Waals surface area contributed by atoms with Crippen molar-refractivity contribution in [2.75, 3.05) is 39.8 Å². The van der Waals surface area contributed by atoms with Crippen LogP contribution in [0.5, 0.6) is 17.2 Å². The SMILES string of the molecule is CN1CCN(C(=O)CCc2c(O)cc3c(c2O)CCCO3)CC1. The van der Waals surface area contributed by atoms with Crippen molar-refractivity contribution in [3.05, 3.63) is 17.2 Å². The third kappa shape index (κ3) is 3.37. The number of amides is 1. The van der Waals surface area contributed by atoms with Gasteiger partial charge < -0.3 is 24.7 Å². The van der Waals surface area contributed by atoms with E-state index in [1.165, 1.54) is 0 Å². The first-order chi connectivity index (χ1) is 11.1. The molecule has 1 amide bonds. The molecule has 1 aromatic rings. The number of carbonyl (C=O) groups excluding carboxylic acids is 1. The van der Waals surface area contributed by atoms with Gasteiger partial charge in [-0.05, 0) is 26.3 Å². The Morgan fingerprint density at radius 1 is 1.26 bits per heavy atom. The fraction of sp³-hybridized carbons (Fsp3) is 0.588. The molecule has 3 rings (SSSR count). The van der Waals surface area contributed by atoms with Gasteiger partial charge in [-0.15, -0.1) is 0 Å². The monoisotopic (exact) mass is 320 g/mol. The zero-order valence-electron chi connectivity index (χ0n) is 13.5. The third-order valence-corrected chi connectivity index (χ3v) is 4.72. The molecular formula is C17H24N2O4. The zero-order valence-corrected chi connectivity index (χ0v) is 13.5. The highest BCUT2D eigenvalue weighted by Gasteiger charge is 2.23. The predicted molar refractivity (Wildman–Crippen MR) is 86.0 cm³/mol. The van der Waals surface area contributed by atoms with E-state index in [4.69, 9.17) is 4.74 Å². The molecule has 23 heavy (non-hydrogen) atoms. The molecule has 126 valence electrons. The number of nitrogens with zero attached hydrogens (tertiary/aromatic N) is 2. The minimum atomic E-state index is 0.00864. The standard InChI is InChI=1S/C17H24N2O4/c1-18-6-8-19(9-7-18)16(21)5-4-12-14(20)11-15-13(17(12)22)3-2-10-23-15/h11,20,22H,2-10H2,1H3. The normalized spacial score (nSPS) is 18.4. The number of aromatic hydroxyl groups is 2. The Morgan fingerprint density at radius 3 is 2.74 bits per heavy atom. The molecule has 0 aliphatic carbocycles. The molecule has 0 spiro atoms. The second kappa shape index (κ2) is 6.66. The van der Waals surface area contributed by atoms with Crippen molar-refractivity contribution in [2.45, 2.75) is 25.7 Å². The van der Waals surface area contributed by atoms with Crippen LogP contribution in [0.15, 0.2) is 6.07 Å². The summed E-state index contributed by atoms with van der Waals surface area (Å²) in [6.45, 7) is 3.86. The van der Waals surface area contributed by atoms with Gasteiger partial charge in [-0.25, -0.2) is 0 Å². The highest BCUT2D eigenvalue weighted by atomic mass is 16.5. The van der Waals surface area contributed by atoms with Crippen LogP contribution in [-0.4, -0.2) is 65.8 Å². The summed E-state index contributed by atoms with van der Waals surface area (Å²) in [7, 11) is 2.05. The molecule has 0 atom stereocenters. The Kier molecular flexibility index (Phi) is 4.61. The first kappa shape index (κ1) is 15.9. The molecule has 0 radical (unpaired) electrons. The van der Waals surface area contributed by atoms with Gasteiger partial charge in [-0.2, -0.15) is 0 Å². The lowest BCUT2D eigenvalue weighted by Gasteiger charge is -2.32. The zero-order chi connectivity index (χ0) is 16.4. The molecule has 1 fully saturated rings. The van der Waals surface area contributed by atoms with Gasteiger partial charge >= 0.3 is 0 Å². The van der Waals surface area contributed by atoms with E-state index in [0.29, 0.717) is 30.8 Å². The van der Waals surface area contributed by atoms with E-state index in [1.807, 2.05) is 11.9 Å². The number of phenols is 2. The van der Waals surface area contributed by atoms with Crippen LogP contribution < -0.4 is 4.74 Å². The minimum absolute atomic E-state index is 0.00864. The largest absolute Gasteiger partial charge is 0.507 e. The summed E-state index contributed by atoms with van der Waals surface area (Å²) in [6, 6.07) is 1.56. The molecule has 2 heterocycles. The van der Waals surface area contributed by atoms with E-state index in [9.17, 15) is 15.0 Å². The molecule has 0 bridgehead atoms. The van der Waals surface area contributed by atoms with Crippen molar-refractivity contribution in [3.63, 3.8) is 0 Å². The average Bonchev–Trinajstić information content (AvgIpc) is 2.55. The second-order valence-electron chi connectivity index (χ2n) is 6.34. The quantitative estimate of drug-likeness (QED) is 0.873. The van der Waals surface area contributed by atoms with Crippen molar-refractivity contribution in [1.29, 1.82) is 0 Å². The maximum absolute atomic E-state index is 12.3. The van der Waals surface area contributed by atoms with E-state index in [0.717, 1.165) is 44.6 Å². The molecule has 2 aliphatic heterocycles. The number of piperazine rings is 1. The summed E-state index contributed by atoms with van der Waals surface area (Å²) in [4.78, 5) is 16.4. The van der Waals surface area contributed by atoms with Crippen molar-refractivity contribution >= 4 is 5.91 Å². The van der Waals surface area contributed by atoms with Crippen LogP contribution in [0, 0.1) is 0 Å². The molecule has 0 saturated carbocycles. The molecule has 2 N–H and O–H groups in total.